The van der Waals surface area contributed by atoms with E-state index in [1.165, 1.54) is 0 Å². The third kappa shape index (κ3) is 5.72. The zero-order valence-electron chi connectivity index (χ0n) is 9.61. The van der Waals surface area contributed by atoms with Gasteiger partial charge in [0, 0.05) is 25.5 Å². The Kier molecular flexibility index (Phi) is 7.63. The van der Waals surface area contributed by atoms with Crippen molar-refractivity contribution in [2.45, 2.75) is 31.8 Å². The van der Waals surface area contributed by atoms with Gasteiger partial charge in [0.25, 0.3) is 0 Å². The summed E-state index contributed by atoms with van der Waals surface area (Å²) in [6.07, 6.45) is 3.61. The van der Waals surface area contributed by atoms with E-state index < -0.39 is 0 Å². The van der Waals surface area contributed by atoms with Crippen LogP contribution in [0.1, 0.15) is 25.7 Å². The van der Waals surface area contributed by atoms with Crippen molar-refractivity contribution in [1.82, 2.24) is 5.32 Å². The second kappa shape index (κ2) is 8.84. The molecule has 0 aliphatic carbocycles. The van der Waals surface area contributed by atoms with Crippen LogP contribution in [0.15, 0.2) is 0 Å². The molecular formula is C11H21NO3S. The zero-order valence-corrected chi connectivity index (χ0v) is 10.4. The van der Waals surface area contributed by atoms with E-state index in [0.29, 0.717) is 13.2 Å². The van der Waals surface area contributed by atoms with Crippen molar-refractivity contribution in [3.8, 4) is 0 Å². The van der Waals surface area contributed by atoms with E-state index in [1.807, 2.05) is 0 Å². The molecule has 4 nitrogen and oxygen atoms in total. The normalized spacial score (nSPS) is 20.7. The molecule has 1 rings (SSSR count). The minimum absolute atomic E-state index is 0.0301. The SMILES string of the molecule is O=C(NCCSCCCO)C1CCCCO1. The molecule has 1 atom stereocenters. The Hall–Kier alpha value is -0.260. The fourth-order valence-electron chi connectivity index (χ4n) is 1.58. The standard InChI is InChI=1S/C11H21NO3S/c13-6-3-8-16-9-5-12-11(14)10-4-1-2-7-15-10/h10,13H,1-9H2,(H,12,14). The second-order valence-corrected chi connectivity index (χ2v) is 5.06. The lowest BCUT2D eigenvalue weighted by Gasteiger charge is -2.21. The average molecular weight is 247 g/mol. The topological polar surface area (TPSA) is 58.6 Å². The molecule has 0 aromatic heterocycles. The van der Waals surface area contributed by atoms with Crippen LogP contribution in [-0.4, -0.2) is 48.4 Å². The molecule has 0 radical (unpaired) electrons. The summed E-state index contributed by atoms with van der Waals surface area (Å²) in [7, 11) is 0. The smallest absolute Gasteiger partial charge is 0.249 e. The highest BCUT2D eigenvalue weighted by atomic mass is 32.2. The van der Waals surface area contributed by atoms with Crippen LogP contribution < -0.4 is 5.32 Å². The number of nitrogens with one attached hydrogen (secondary N) is 1. The number of hydrogen-bond acceptors (Lipinski definition) is 4. The van der Waals surface area contributed by atoms with E-state index >= 15 is 0 Å². The van der Waals surface area contributed by atoms with Gasteiger partial charge in [-0.05, 0) is 31.4 Å². The van der Waals surface area contributed by atoms with Crippen LogP contribution >= 0.6 is 11.8 Å². The van der Waals surface area contributed by atoms with Gasteiger partial charge in [-0.2, -0.15) is 11.8 Å². The van der Waals surface area contributed by atoms with Crippen molar-refractivity contribution >= 4 is 17.7 Å². The molecule has 1 unspecified atom stereocenters. The molecule has 16 heavy (non-hydrogen) atoms. The molecule has 1 aliphatic rings. The third-order valence-corrected chi connectivity index (χ3v) is 3.53. The maximum Gasteiger partial charge on any atom is 0.249 e. The van der Waals surface area contributed by atoms with Gasteiger partial charge in [-0.25, -0.2) is 0 Å². The first-order valence-corrected chi connectivity index (χ1v) is 7.08. The highest BCUT2D eigenvalue weighted by molar-refractivity contribution is 7.99. The Bertz CT molecular complexity index is 196. The predicted molar refractivity (Wildman–Crippen MR) is 65.6 cm³/mol. The molecule has 0 saturated carbocycles. The van der Waals surface area contributed by atoms with E-state index in [0.717, 1.165) is 37.2 Å². The second-order valence-electron chi connectivity index (χ2n) is 3.84. The largest absolute Gasteiger partial charge is 0.396 e. The van der Waals surface area contributed by atoms with Crippen molar-refractivity contribution < 1.29 is 14.6 Å². The van der Waals surface area contributed by atoms with Gasteiger partial charge in [0.2, 0.25) is 5.91 Å². The molecule has 1 aliphatic heterocycles. The highest BCUT2D eigenvalue weighted by Gasteiger charge is 2.20. The molecular weight excluding hydrogens is 226 g/mol. The maximum absolute atomic E-state index is 11.6. The summed E-state index contributed by atoms with van der Waals surface area (Å²) in [4.78, 5) is 11.6. The summed E-state index contributed by atoms with van der Waals surface area (Å²) < 4.78 is 5.38. The Morgan fingerprint density at radius 3 is 3.00 bits per heavy atom. The number of aliphatic hydroxyl groups excluding tert-OH is 1. The van der Waals surface area contributed by atoms with Crippen LogP contribution in [0.4, 0.5) is 0 Å². The van der Waals surface area contributed by atoms with Crippen molar-refractivity contribution in [1.29, 1.82) is 0 Å². The predicted octanol–water partition coefficient (Wildman–Crippen LogP) is 0.787. The van der Waals surface area contributed by atoms with Crippen molar-refractivity contribution in [3.05, 3.63) is 0 Å². The Labute approximate surface area is 101 Å². The summed E-state index contributed by atoms with van der Waals surface area (Å²) in [5.41, 5.74) is 0. The highest BCUT2D eigenvalue weighted by Crippen LogP contribution is 2.12. The maximum atomic E-state index is 11.6. The molecule has 94 valence electrons. The molecule has 1 heterocycles. The van der Waals surface area contributed by atoms with E-state index in [1.54, 1.807) is 11.8 Å². The van der Waals surface area contributed by atoms with Crippen LogP contribution in [0.5, 0.6) is 0 Å². The molecule has 2 N–H and O–H groups in total. The Morgan fingerprint density at radius 1 is 1.44 bits per heavy atom. The molecule has 0 aromatic rings. The number of rotatable bonds is 7. The fourth-order valence-corrected chi connectivity index (χ4v) is 2.36. The van der Waals surface area contributed by atoms with Gasteiger partial charge in [0.05, 0.1) is 0 Å². The van der Waals surface area contributed by atoms with Crippen LogP contribution in [0.2, 0.25) is 0 Å². The molecule has 0 bridgehead atoms. The number of carbonyl (C=O) groups is 1. The lowest BCUT2D eigenvalue weighted by molar-refractivity contribution is -0.135. The van der Waals surface area contributed by atoms with E-state index in [-0.39, 0.29) is 18.6 Å². The summed E-state index contributed by atoms with van der Waals surface area (Å²) in [5.74, 6) is 1.88. The monoisotopic (exact) mass is 247 g/mol. The first-order valence-electron chi connectivity index (χ1n) is 5.92. The number of ether oxygens (including phenoxy) is 1. The summed E-state index contributed by atoms with van der Waals surface area (Å²) in [5, 5.41) is 11.5. The number of carbonyl (C=O) groups excluding carboxylic acids is 1. The Morgan fingerprint density at radius 2 is 2.31 bits per heavy atom. The first-order chi connectivity index (χ1) is 7.84. The van der Waals surface area contributed by atoms with Crippen molar-refractivity contribution in [2.24, 2.45) is 0 Å². The minimum atomic E-state index is -0.226. The van der Waals surface area contributed by atoms with Gasteiger partial charge in [-0.1, -0.05) is 0 Å². The zero-order chi connectivity index (χ0) is 11.6. The van der Waals surface area contributed by atoms with E-state index in [4.69, 9.17) is 9.84 Å². The average Bonchev–Trinajstić information content (AvgIpc) is 2.34. The molecule has 1 fully saturated rings. The quantitative estimate of drug-likeness (QED) is 0.653. The Balaban J connectivity index is 1.97. The molecule has 5 heteroatoms. The number of aliphatic hydroxyl groups is 1. The summed E-state index contributed by atoms with van der Waals surface area (Å²) in [6, 6.07) is 0. The number of thioether (sulfide) groups is 1. The molecule has 0 spiro atoms. The van der Waals surface area contributed by atoms with Gasteiger partial charge in [-0.3, -0.25) is 4.79 Å². The van der Waals surface area contributed by atoms with Gasteiger partial charge < -0.3 is 15.2 Å². The van der Waals surface area contributed by atoms with Crippen LogP contribution in [0, 0.1) is 0 Å². The molecule has 1 amide bonds. The van der Waals surface area contributed by atoms with Gasteiger partial charge in [-0.15, -0.1) is 0 Å². The van der Waals surface area contributed by atoms with Crippen LogP contribution in [-0.2, 0) is 9.53 Å². The van der Waals surface area contributed by atoms with E-state index in [9.17, 15) is 4.79 Å². The summed E-state index contributed by atoms with van der Waals surface area (Å²) in [6.45, 7) is 1.65. The van der Waals surface area contributed by atoms with Crippen LogP contribution in [0.25, 0.3) is 0 Å². The van der Waals surface area contributed by atoms with Gasteiger partial charge in [0.1, 0.15) is 6.10 Å². The van der Waals surface area contributed by atoms with Gasteiger partial charge in [0.15, 0.2) is 0 Å². The van der Waals surface area contributed by atoms with Crippen molar-refractivity contribution in [2.75, 3.05) is 31.3 Å². The van der Waals surface area contributed by atoms with Crippen LogP contribution in [0.3, 0.4) is 0 Å². The first kappa shape index (κ1) is 13.8. The molecule has 0 aromatic carbocycles. The fraction of sp³-hybridized carbons (Fsp3) is 0.909. The minimum Gasteiger partial charge on any atom is -0.396 e. The third-order valence-electron chi connectivity index (χ3n) is 2.46. The number of amides is 1. The number of hydrogen-bond donors (Lipinski definition) is 2. The lowest BCUT2D eigenvalue weighted by atomic mass is 10.1. The van der Waals surface area contributed by atoms with Crippen molar-refractivity contribution in [3.63, 3.8) is 0 Å². The lowest BCUT2D eigenvalue weighted by Crippen LogP contribution is -2.39. The van der Waals surface area contributed by atoms with Gasteiger partial charge >= 0.3 is 0 Å². The molecule has 1 saturated heterocycles. The summed E-state index contributed by atoms with van der Waals surface area (Å²) >= 11 is 1.75. The van der Waals surface area contributed by atoms with E-state index in [2.05, 4.69) is 5.32 Å².